The van der Waals surface area contributed by atoms with Crippen LogP contribution in [-0.4, -0.2) is 30.6 Å². The van der Waals surface area contributed by atoms with Crippen LogP contribution < -0.4 is 5.32 Å². The molecular weight excluding hydrogens is 256 g/mol. The Labute approximate surface area is 131 Å². The van der Waals surface area contributed by atoms with E-state index < -0.39 is 0 Å². The monoisotopic (exact) mass is 290 g/mol. The summed E-state index contributed by atoms with van der Waals surface area (Å²) in [6.07, 6.45) is 2.39. The lowest BCUT2D eigenvalue weighted by Gasteiger charge is -2.32. The Morgan fingerprint density at radius 2 is 1.86 bits per heavy atom. The second kappa shape index (κ2) is 9.22. The van der Waals surface area contributed by atoms with Crippen LogP contribution in [0.4, 0.5) is 0 Å². The number of rotatable bonds is 9. The maximum absolute atomic E-state index is 3.75. The maximum atomic E-state index is 3.75. The first-order valence-electron chi connectivity index (χ1n) is 8.57. The van der Waals surface area contributed by atoms with Gasteiger partial charge < -0.3 is 5.32 Å². The molecule has 0 amide bonds. The topological polar surface area (TPSA) is 15.3 Å². The van der Waals surface area contributed by atoms with Crippen molar-refractivity contribution in [3.8, 4) is 0 Å². The van der Waals surface area contributed by atoms with Crippen LogP contribution in [0.25, 0.3) is 0 Å². The van der Waals surface area contributed by atoms with Gasteiger partial charge in [-0.15, -0.1) is 0 Å². The van der Waals surface area contributed by atoms with Gasteiger partial charge in [0.15, 0.2) is 0 Å². The summed E-state index contributed by atoms with van der Waals surface area (Å²) in [4.78, 5) is 2.59. The summed E-state index contributed by atoms with van der Waals surface area (Å²) in [5.41, 5.74) is 4.21. The minimum atomic E-state index is 0.430. The van der Waals surface area contributed by atoms with Crippen molar-refractivity contribution in [3.05, 3.63) is 34.9 Å². The Morgan fingerprint density at radius 1 is 1.14 bits per heavy atom. The van der Waals surface area contributed by atoms with Gasteiger partial charge in [0.05, 0.1) is 0 Å². The lowest BCUT2D eigenvalue weighted by Crippen LogP contribution is -2.40. The highest BCUT2D eigenvalue weighted by atomic mass is 15.2. The fourth-order valence-corrected chi connectivity index (χ4v) is 2.92. The third-order valence-electron chi connectivity index (χ3n) is 4.48. The number of likely N-dealkylation sites (N-methyl/N-ethyl adjacent to an activating group) is 1. The van der Waals surface area contributed by atoms with Crippen LogP contribution in [0.15, 0.2) is 18.2 Å². The van der Waals surface area contributed by atoms with Crippen molar-refractivity contribution in [1.29, 1.82) is 0 Å². The van der Waals surface area contributed by atoms with E-state index in [9.17, 15) is 0 Å². The zero-order valence-corrected chi connectivity index (χ0v) is 14.9. The van der Waals surface area contributed by atoms with Crippen molar-refractivity contribution >= 4 is 0 Å². The number of benzene rings is 1. The maximum Gasteiger partial charge on any atom is 0.0452 e. The first-order chi connectivity index (χ1) is 10.0. The highest BCUT2D eigenvalue weighted by Crippen LogP contribution is 2.21. The summed E-state index contributed by atoms with van der Waals surface area (Å²) in [6, 6.07) is 7.92. The SMILES string of the molecule is CCCNC(CN(CC)C(C)CC)c1ccc(C)cc1C. The third kappa shape index (κ3) is 5.44. The standard InChI is InChI=1S/C19H34N2/c1-7-12-20-19(14-21(9-3)17(6)8-2)18-11-10-15(4)13-16(18)5/h10-11,13,17,19-20H,7-9,12,14H2,1-6H3. The largest absolute Gasteiger partial charge is 0.309 e. The second-order valence-electron chi connectivity index (χ2n) is 6.21. The average molecular weight is 290 g/mol. The van der Waals surface area contributed by atoms with E-state index in [0.717, 1.165) is 19.6 Å². The molecule has 0 saturated carbocycles. The van der Waals surface area contributed by atoms with Gasteiger partial charge in [0, 0.05) is 18.6 Å². The molecule has 0 spiro atoms. The quantitative estimate of drug-likeness (QED) is 0.722. The fourth-order valence-electron chi connectivity index (χ4n) is 2.92. The number of hydrogen-bond donors (Lipinski definition) is 1. The summed E-state index contributed by atoms with van der Waals surface area (Å²) >= 11 is 0. The fraction of sp³-hybridized carbons (Fsp3) is 0.684. The van der Waals surface area contributed by atoms with Crippen molar-refractivity contribution in [2.24, 2.45) is 0 Å². The molecule has 0 aromatic heterocycles. The first kappa shape index (κ1) is 18.2. The van der Waals surface area contributed by atoms with Gasteiger partial charge in [0.2, 0.25) is 0 Å². The molecule has 2 nitrogen and oxygen atoms in total. The predicted octanol–water partition coefficient (Wildman–Crippen LogP) is 4.46. The number of nitrogens with one attached hydrogen (secondary N) is 1. The van der Waals surface area contributed by atoms with Crippen LogP contribution in [0.2, 0.25) is 0 Å². The molecule has 1 aromatic carbocycles. The van der Waals surface area contributed by atoms with E-state index >= 15 is 0 Å². The molecule has 1 aromatic rings. The molecule has 0 saturated heterocycles. The molecule has 2 heteroatoms. The van der Waals surface area contributed by atoms with Crippen LogP contribution in [0.5, 0.6) is 0 Å². The Morgan fingerprint density at radius 3 is 2.38 bits per heavy atom. The molecule has 120 valence electrons. The second-order valence-corrected chi connectivity index (χ2v) is 6.21. The first-order valence-corrected chi connectivity index (χ1v) is 8.57. The summed E-state index contributed by atoms with van der Waals surface area (Å²) in [5, 5.41) is 3.75. The van der Waals surface area contributed by atoms with E-state index in [0.29, 0.717) is 12.1 Å². The van der Waals surface area contributed by atoms with Crippen LogP contribution in [0, 0.1) is 13.8 Å². The van der Waals surface area contributed by atoms with Gasteiger partial charge >= 0.3 is 0 Å². The lowest BCUT2D eigenvalue weighted by molar-refractivity contribution is 0.191. The third-order valence-corrected chi connectivity index (χ3v) is 4.48. The molecule has 21 heavy (non-hydrogen) atoms. The Hall–Kier alpha value is -0.860. The summed E-state index contributed by atoms with van der Waals surface area (Å²) in [5.74, 6) is 0. The highest BCUT2D eigenvalue weighted by Gasteiger charge is 2.19. The van der Waals surface area contributed by atoms with E-state index in [2.05, 4.69) is 70.0 Å². The van der Waals surface area contributed by atoms with Crippen molar-refractivity contribution in [1.82, 2.24) is 10.2 Å². The Balaban J connectivity index is 2.93. The molecule has 0 aliphatic heterocycles. The minimum absolute atomic E-state index is 0.430. The van der Waals surface area contributed by atoms with E-state index in [4.69, 9.17) is 0 Å². The molecule has 0 bridgehead atoms. The van der Waals surface area contributed by atoms with Crippen molar-refractivity contribution in [3.63, 3.8) is 0 Å². The molecule has 0 heterocycles. The Bertz CT molecular complexity index is 414. The van der Waals surface area contributed by atoms with E-state index in [1.165, 1.54) is 29.5 Å². The summed E-state index contributed by atoms with van der Waals surface area (Å²) in [7, 11) is 0. The summed E-state index contributed by atoms with van der Waals surface area (Å²) < 4.78 is 0. The molecule has 0 aliphatic rings. The lowest BCUT2D eigenvalue weighted by atomic mass is 9.98. The van der Waals surface area contributed by atoms with Crippen molar-refractivity contribution in [2.75, 3.05) is 19.6 Å². The van der Waals surface area contributed by atoms with E-state index in [-0.39, 0.29) is 0 Å². The van der Waals surface area contributed by atoms with Crippen LogP contribution >= 0.6 is 0 Å². The van der Waals surface area contributed by atoms with Crippen molar-refractivity contribution < 1.29 is 0 Å². The molecule has 2 unspecified atom stereocenters. The van der Waals surface area contributed by atoms with E-state index in [1.54, 1.807) is 0 Å². The van der Waals surface area contributed by atoms with Gasteiger partial charge in [0.25, 0.3) is 0 Å². The zero-order chi connectivity index (χ0) is 15.8. The molecular formula is C19H34N2. The minimum Gasteiger partial charge on any atom is -0.309 e. The van der Waals surface area contributed by atoms with Crippen LogP contribution in [0.1, 0.15) is 63.3 Å². The van der Waals surface area contributed by atoms with Gasteiger partial charge in [-0.1, -0.05) is 44.5 Å². The van der Waals surface area contributed by atoms with Crippen molar-refractivity contribution in [2.45, 2.75) is 66.5 Å². The van der Waals surface area contributed by atoms with Crippen LogP contribution in [-0.2, 0) is 0 Å². The van der Waals surface area contributed by atoms with Gasteiger partial charge in [-0.3, -0.25) is 4.90 Å². The highest BCUT2D eigenvalue weighted by molar-refractivity contribution is 5.33. The van der Waals surface area contributed by atoms with Gasteiger partial charge in [-0.25, -0.2) is 0 Å². The number of aryl methyl sites for hydroxylation is 2. The molecule has 2 atom stereocenters. The summed E-state index contributed by atoms with van der Waals surface area (Å²) in [6.45, 7) is 16.8. The number of nitrogens with zero attached hydrogens (tertiary/aromatic N) is 1. The molecule has 0 radical (unpaired) electrons. The molecule has 0 aliphatic carbocycles. The van der Waals surface area contributed by atoms with Gasteiger partial charge in [-0.2, -0.15) is 0 Å². The van der Waals surface area contributed by atoms with E-state index in [1.807, 2.05) is 0 Å². The molecule has 1 N–H and O–H groups in total. The molecule has 1 rings (SSSR count). The van der Waals surface area contributed by atoms with Gasteiger partial charge in [-0.05, 0) is 57.8 Å². The van der Waals surface area contributed by atoms with Crippen LogP contribution in [0.3, 0.4) is 0 Å². The number of hydrogen-bond acceptors (Lipinski definition) is 2. The average Bonchev–Trinajstić information content (AvgIpc) is 2.47. The zero-order valence-electron chi connectivity index (χ0n) is 14.9. The van der Waals surface area contributed by atoms with Gasteiger partial charge in [0.1, 0.15) is 0 Å². The normalized spacial score (nSPS) is 14.4. The molecule has 0 fully saturated rings. The predicted molar refractivity (Wildman–Crippen MR) is 94.0 cm³/mol. The Kier molecular flexibility index (Phi) is 7.98. The smallest absolute Gasteiger partial charge is 0.0452 e.